The Bertz CT molecular complexity index is 473. The van der Waals surface area contributed by atoms with Crippen LogP contribution in [-0.4, -0.2) is 57.6 Å². The Labute approximate surface area is 150 Å². The van der Waals surface area contributed by atoms with E-state index >= 15 is 0 Å². The minimum absolute atomic E-state index is 0.329. The van der Waals surface area contributed by atoms with Gasteiger partial charge in [-0.05, 0) is 17.7 Å². The Morgan fingerprint density at radius 1 is 1.09 bits per heavy atom. The Kier molecular flexibility index (Phi) is 8.76. The van der Waals surface area contributed by atoms with E-state index in [0.29, 0.717) is 6.04 Å². The minimum atomic E-state index is -0.753. The van der Waals surface area contributed by atoms with Gasteiger partial charge in [0.25, 0.3) is 0 Å². The third-order valence-corrected chi connectivity index (χ3v) is 6.13. The van der Waals surface area contributed by atoms with Gasteiger partial charge in [-0.1, -0.05) is 12.1 Å². The van der Waals surface area contributed by atoms with Gasteiger partial charge in [-0.15, -0.1) is 4.67 Å². The van der Waals surface area contributed by atoms with Crippen molar-refractivity contribution in [1.29, 1.82) is 0 Å². The van der Waals surface area contributed by atoms with Crippen molar-refractivity contribution in [3.05, 3.63) is 29.8 Å². The summed E-state index contributed by atoms with van der Waals surface area (Å²) in [7, 11) is 1.68. The molecule has 2 fully saturated rings. The van der Waals surface area contributed by atoms with Crippen molar-refractivity contribution in [3.8, 4) is 5.75 Å². The van der Waals surface area contributed by atoms with Gasteiger partial charge in [0, 0.05) is 39.3 Å². The second-order valence-corrected chi connectivity index (χ2v) is 9.41. The van der Waals surface area contributed by atoms with Crippen LogP contribution in [0, 0.1) is 0 Å². The molecule has 23 heavy (non-hydrogen) atoms. The fourth-order valence-corrected chi connectivity index (χ4v) is 4.57. The van der Waals surface area contributed by atoms with Gasteiger partial charge < -0.3 is 20.7 Å². The number of nitrogens with zero attached hydrogens (tertiary/aromatic N) is 1. The number of hydrogen-bond acceptors (Lipinski definition) is 5. The number of ether oxygens (including phenoxy) is 1. The first-order valence-electron chi connectivity index (χ1n) is 7.91. The summed E-state index contributed by atoms with van der Waals surface area (Å²) in [5, 5.41) is 9.85. The van der Waals surface area contributed by atoms with E-state index < -0.39 is 6.05 Å². The molecule has 0 aliphatic carbocycles. The summed E-state index contributed by atoms with van der Waals surface area (Å²) in [6, 6.07) is 7.77. The first kappa shape index (κ1) is 19.1. The lowest BCUT2D eigenvalue weighted by Gasteiger charge is -2.28. The molecule has 2 heterocycles. The van der Waals surface area contributed by atoms with E-state index in [9.17, 15) is 0 Å². The highest BCUT2D eigenvalue weighted by molar-refractivity contribution is 8.55. The molecule has 0 saturated carbocycles. The monoisotopic (exact) mass is 373 g/mol. The highest BCUT2D eigenvalue weighted by Crippen LogP contribution is 2.40. The zero-order chi connectivity index (χ0) is 16.5. The van der Waals surface area contributed by atoms with E-state index in [2.05, 4.69) is 45.0 Å². The van der Waals surface area contributed by atoms with Crippen molar-refractivity contribution in [2.75, 3.05) is 52.9 Å². The van der Waals surface area contributed by atoms with E-state index in [4.69, 9.17) is 16.5 Å². The third kappa shape index (κ3) is 6.27. The molecular formula is C15H26N4OPS2+. The molecule has 2 unspecified atom stereocenters. The maximum atomic E-state index is 5.33. The van der Waals surface area contributed by atoms with Crippen LogP contribution in [-0.2, 0) is 11.8 Å². The summed E-state index contributed by atoms with van der Waals surface area (Å²) in [4.78, 5) is 0. The molecule has 0 aromatic heterocycles. The molecule has 2 saturated heterocycles. The number of nitrogens with one attached hydrogen (secondary N) is 3. The quantitative estimate of drug-likeness (QED) is 0.476. The van der Waals surface area contributed by atoms with Gasteiger partial charge in [0.1, 0.15) is 5.75 Å². The number of methoxy groups -OCH3 is 1. The standard InChI is InChI=1S/C11H15N2OPS2.C4H10N2/c1-14-10-4-2-9(3-5-10)11-8-12-6-7-13(11)15(16)17;1-2-6-4-3-5-1/h2-5,11-12H,6-8H2,1H3;5-6H,1-4H2/p+1. The molecule has 128 valence electrons. The van der Waals surface area contributed by atoms with Crippen molar-refractivity contribution in [2.45, 2.75) is 6.04 Å². The Hall–Kier alpha value is -0.270. The molecule has 3 rings (SSSR count). The smallest absolute Gasteiger partial charge is 0.338 e. The number of thiol groups is 1. The molecular weight excluding hydrogens is 347 g/mol. The van der Waals surface area contributed by atoms with Crippen molar-refractivity contribution in [2.24, 2.45) is 0 Å². The fraction of sp³-hybridized carbons (Fsp3) is 0.600. The maximum Gasteiger partial charge on any atom is 0.338 e. The summed E-state index contributed by atoms with van der Waals surface area (Å²) >= 11 is 9.77. The second kappa shape index (κ2) is 10.6. The largest absolute Gasteiger partial charge is 0.497 e. The average Bonchev–Trinajstić information content (AvgIpc) is 2.64. The SMILES string of the molecule is C1CNCCN1.COc1ccc(C2CNCCN2[P+](=S)S)cc1. The molecule has 8 heteroatoms. The van der Waals surface area contributed by atoms with E-state index in [0.717, 1.165) is 51.6 Å². The van der Waals surface area contributed by atoms with Crippen LogP contribution in [0.15, 0.2) is 24.3 Å². The van der Waals surface area contributed by atoms with Crippen molar-refractivity contribution < 1.29 is 4.74 Å². The van der Waals surface area contributed by atoms with Crippen molar-refractivity contribution in [1.82, 2.24) is 20.6 Å². The maximum absolute atomic E-state index is 5.33. The lowest BCUT2D eigenvalue weighted by molar-refractivity contribution is 0.293. The van der Waals surface area contributed by atoms with Crippen LogP contribution in [0.4, 0.5) is 0 Å². The van der Waals surface area contributed by atoms with Crippen molar-refractivity contribution in [3.63, 3.8) is 0 Å². The van der Waals surface area contributed by atoms with Gasteiger partial charge in [-0.2, -0.15) is 0 Å². The van der Waals surface area contributed by atoms with E-state index in [1.807, 2.05) is 12.1 Å². The lowest BCUT2D eigenvalue weighted by Crippen LogP contribution is -2.42. The molecule has 0 spiro atoms. The number of piperazine rings is 2. The predicted octanol–water partition coefficient (Wildman–Crippen LogP) is 1.52. The molecule has 0 radical (unpaired) electrons. The van der Waals surface area contributed by atoms with Crippen LogP contribution in [0.3, 0.4) is 0 Å². The number of rotatable bonds is 3. The highest BCUT2D eigenvalue weighted by Gasteiger charge is 2.32. The molecule has 3 N–H and O–H groups in total. The van der Waals surface area contributed by atoms with Crippen LogP contribution >= 0.6 is 18.3 Å². The van der Waals surface area contributed by atoms with Gasteiger partial charge in [0.15, 0.2) is 11.8 Å². The van der Waals surface area contributed by atoms with Gasteiger partial charge >= 0.3 is 6.05 Å². The number of benzene rings is 1. The fourth-order valence-electron chi connectivity index (χ4n) is 2.62. The molecule has 2 aliphatic rings. The van der Waals surface area contributed by atoms with Gasteiger partial charge in [0.05, 0.1) is 31.9 Å². The normalized spacial score (nSPS) is 22.7. The first-order valence-corrected chi connectivity index (χ1v) is 11.4. The summed E-state index contributed by atoms with van der Waals surface area (Å²) < 4.78 is 7.47. The zero-order valence-electron chi connectivity index (χ0n) is 13.5. The molecule has 1 aromatic carbocycles. The van der Waals surface area contributed by atoms with E-state index in [-0.39, 0.29) is 0 Å². The van der Waals surface area contributed by atoms with Crippen LogP contribution in [0.2, 0.25) is 0 Å². The summed E-state index contributed by atoms with van der Waals surface area (Å²) in [6.45, 7) is 7.44. The third-order valence-electron chi connectivity index (χ3n) is 3.89. The molecule has 5 nitrogen and oxygen atoms in total. The van der Waals surface area contributed by atoms with E-state index in [1.165, 1.54) is 5.56 Å². The van der Waals surface area contributed by atoms with Crippen LogP contribution in [0.5, 0.6) is 5.75 Å². The summed E-state index contributed by atoms with van der Waals surface area (Å²) in [5.74, 6) is 0.885. The second-order valence-electron chi connectivity index (χ2n) is 5.41. The highest BCUT2D eigenvalue weighted by atomic mass is 32.9. The minimum Gasteiger partial charge on any atom is -0.497 e. The Morgan fingerprint density at radius 3 is 2.17 bits per heavy atom. The molecule has 1 aromatic rings. The Morgan fingerprint density at radius 2 is 1.70 bits per heavy atom. The first-order chi connectivity index (χ1) is 11.2. The zero-order valence-corrected chi connectivity index (χ0v) is 16.1. The average molecular weight is 374 g/mol. The molecule has 2 aliphatic heterocycles. The van der Waals surface area contributed by atoms with Gasteiger partial charge in [0.2, 0.25) is 0 Å². The molecule has 2 atom stereocenters. The van der Waals surface area contributed by atoms with Gasteiger partial charge in [-0.3, -0.25) is 0 Å². The summed E-state index contributed by atoms with van der Waals surface area (Å²) in [6.07, 6.45) is 0. The lowest BCUT2D eigenvalue weighted by atomic mass is 10.1. The van der Waals surface area contributed by atoms with Crippen LogP contribution in [0.25, 0.3) is 0 Å². The topological polar surface area (TPSA) is 48.6 Å². The molecule has 0 amide bonds. The predicted molar refractivity (Wildman–Crippen MR) is 104 cm³/mol. The number of hydrogen-bond donors (Lipinski definition) is 4. The van der Waals surface area contributed by atoms with E-state index in [1.54, 1.807) is 7.11 Å². The van der Waals surface area contributed by atoms with Crippen molar-refractivity contribution >= 4 is 30.1 Å². The molecule has 0 bridgehead atoms. The van der Waals surface area contributed by atoms with Gasteiger partial charge in [-0.25, -0.2) is 0 Å². The summed E-state index contributed by atoms with van der Waals surface area (Å²) in [5.41, 5.74) is 1.27. The van der Waals surface area contributed by atoms with Crippen LogP contribution in [0.1, 0.15) is 11.6 Å². The Balaban J connectivity index is 0.000000268. The van der Waals surface area contributed by atoms with Crippen LogP contribution < -0.4 is 20.7 Å².